The van der Waals surface area contributed by atoms with Crippen molar-refractivity contribution in [3.8, 4) is 0 Å². The van der Waals surface area contributed by atoms with E-state index >= 15 is 0 Å². The third-order valence-electron chi connectivity index (χ3n) is 2.07. The van der Waals surface area contributed by atoms with Gasteiger partial charge in [0.05, 0.1) is 0 Å². The van der Waals surface area contributed by atoms with Crippen LogP contribution in [0.1, 0.15) is 17.3 Å². The first-order valence-corrected chi connectivity index (χ1v) is 5.99. The fraction of sp³-hybridized carbons (Fsp3) is 0.364. The second kappa shape index (κ2) is 6.66. The van der Waals surface area contributed by atoms with E-state index in [-0.39, 0.29) is 4.47 Å². The van der Waals surface area contributed by atoms with Crippen molar-refractivity contribution in [2.45, 2.75) is 6.92 Å². The number of carbonyl (C=O) groups excluding carboxylic acids is 1. The van der Waals surface area contributed by atoms with Crippen molar-refractivity contribution < 1.29 is 13.6 Å². The summed E-state index contributed by atoms with van der Waals surface area (Å²) in [7, 11) is 0. The summed E-state index contributed by atoms with van der Waals surface area (Å²) < 4.78 is 27.0. The third-order valence-corrected chi connectivity index (χ3v) is 2.53. The second-order valence-electron chi connectivity index (χ2n) is 3.35. The zero-order valence-corrected chi connectivity index (χ0v) is 10.9. The molecule has 1 amide bonds. The first-order valence-electron chi connectivity index (χ1n) is 5.19. The van der Waals surface area contributed by atoms with Gasteiger partial charge in [-0.2, -0.15) is 0 Å². The van der Waals surface area contributed by atoms with Gasteiger partial charge in [-0.15, -0.1) is 0 Å². The Morgan fingerprint density at radius 3 is 2.41 bits per heavy atom. The molecule has 17 heavy (non-hydrogen) atoms. The number of likely N-dealkylation sites (N-methyl/N-ethyl adjacent to an activating group) is 1. The number of carbonyl (C=O) groups is 1. The number of rotatable bonds is 5. The van der Waals surface area contributed by atoms with Crippen LogP contribution in [-0.4, -0.2) is 25.5 Å². The maximum atomic E-state index is 13.4. The lowest BCUT2D eigenvalue weighted by Gasteiger charge is -2.07. The van der Waals surface area contributed by atoms with Gasteiger partial charge >= 0.3 is 0 Å². The molecule has 0 aromatic heterocycles. The van der Waals surface area contributed by atoms with Crippen molar-refractivity contribution in [3.63, 3.8) is 0 Å². The lowest BCUT2D eigenvalue weighted by atomic mass is 10.2. The molecule has 6 heteroatoms. The smallest absolute Gasteiger partial charge is 0.257 e. The Morgan fingerprint density at radius 2 is 1.88 bits per heavy atom. The minimum atomic E-state index is -0.877. The quantitative estimate of drug-likeness (QED) is 0.818. The van der Waals surface area contributed by atoms with Crippen LogP contribution < -0.4 is 10.6 Å². The number of halogens is 3. The molecule has 2 N–H and O–H groups in total. The second-order valence-corrected chi connectivity index (χ2v) is 4.27. The highest BCUT2D eigenvalue weighted by molar-refractivity contribution is 9.10. The topological polar surface area (TPSA) is 41.1 Å². The summed E-state index contributed by atoms with van der Waals surface area (Å²) >= 11 is 2.95. The van der Waals surface area contributed by atoms with Gasteiger partial charge in [-0.05, 0) is 18.7 Å². The molecule has 0 aliphatic heterocycles. The fourth-order valence-electron chi connectivity index (χ4n) is 1.29. The molecular weight excluding hydrogens is 294 g/mol. The van der Waals surface area contributed by atoms with E-state index in [0.29, 0.717) is 13.1 Å². The summed E-state index contributed by atoms with van der Waals surface area (Å²) in [6.07, 6.45) is 0. The van der Waals surface area contributed by atoms with Gasteiger partial charge in [-0.3, -0.25) is 4.79 Å². The average Bonchev–Trinajstić information content (AvgIpc) is 2.23. The molecule has 0 heterocycles. The van der Waals surface area contributed by atoms with Crippen LogP contribution in [0.25, 0.3) is 0 Å². The van der Waals surface area contributed by atoms with Gasteiger partial charge in [0.2, 0.25) is 0 Å². The maximum absolute atomic E-state index is 13.4. The molecule has 0 aliphatic carbocycles. The van der Waals surface area contributed by atoms with Gasteiger partial charge in [0, 0.05) is 17.6 Å². The van der Waals surface area contributed by atoms with Crippen molar-refractivity contribution in [1.82, 2.24) is 10.6 Å². The van der Waals surface area contributed by atoms with E-state index in [1.165, 1.54) is 0 Å². The van der Waals surface area contributed by atoms with E-state index < -0.39 is 23.1 Å². The number of hydrogen-bond acceptors (Lipinski definition) is 2. The monoisotopic (exact) mass is 306 g/mol. The summed E-state index contributed by atoms with van der Waals surface area (Å²) in [5.41, 5.74) is -0.551. The Hall–Kier alpha value is -1.01. The van der Waals surface area contributed by atoms with E-state index in [9.17, 15) is 13.6 Å². The molecule has 3 nitrogen and oxygen atoms in total. The number of nitrogens with one attached hydrogen (secondary N) is 2. The molecule has 0 bridgehead atoms. The molecule has 1 aromatic carbocycles. The third kappa shape index (κ3) is 4.05. The first kappa shape index (κ1) is 14.1. The van der Waals surface area contributed by atoms with Gasteiger partial charge in [-0.1, -0.05) is 22.9 Å². The van der Waals surface area contributed by atoms with E-state index in [0.717, 1.165) is 18.7 Å². The predicted molar refractivity (Wildman–Crippen MR) is 64.9 cm³/mol. The van der Waals surface area contributed by atoms with Gasteiger partial charge in [0.1, 0.15) is 17.2 Å². The normalized spacial score (nSPS) is 10.4. The van der Waals surface area contributed by atoms with Gasteiger partial charge in [0.15, 0.2) is 0 Å². The predicted octanol–water partition coefficient (Wildman–Crippen LogP) is 2.07. The lowest BCUT2D eigenvalue weighted by Crippen LogP contribution is -2.32. The lowest BCUT2D eigenvalue weighted by molar-refractivity contribution is 0.0945. The van der Waals surface area contributed by atoms with E-state index in [2.05, 4.69) is 26.6 Å². The molecular formula is C11H13BrF2N2O. The molecule has 0 atom stereocenters. The molecule has 0 saturated heterocycles. The number of amides is 1. The molecule has 0 fully saturated rings. The molecule has 0 spiro atoms. The number of benzene rings is 1. The summed E-state index contributed by atoms with van der Waals surface area (Å²) in [5.74, 6) is -2.50. The maximum Gasteiger partial charge on any atom is 0.257 e. The summed E-state index contributed by atoms with van der Waals surface area (Å²) in [6.45, 7) is 3.58. The average molecular weight is 307 g/mol. The van der Waals surface area contributed by atoms with Crippen molar-refractivity contribution >= 4 is 21.8 Å². The zero-order chi connectivity index (χ0) is 12.8. The van der Waals surface area contributed by atoms with E-state index in [1.807, 2.05) is 6.92 Å². The highest BCUT2D eigenvalue weighted by Crippen LogP contribution is 2.19. The Kier molecular flexibility index (Phi) is 5.50. The molecule has 0 saturated carbocycles. The largest absolute Gasteiger partial charge is 0.351 e. The van der Waals surface area contributed by atoms with Crippen molar-refractivity contribution in [2.24, 2.45) is 0 Å². The Morgan fingerprint density at radius 1 is 1.29 bits per heavy atom. The number of hydrogen-bond donors (Lipinski definition) is 2. The van der Waals surface area contributed by atoms with Crippen molar-refractivity contribution in [1.29, 1.82) is 0 Å². The van der Waals surface area contributed by atoms with Gasteiger partial charge < -0.3 is 10.6 Å². The van der Waals surface area contributed by atoms with E-state index in [4.69, 9.17) is 0 Å². The van der Waals surface area contributed by atoms with Crippen molar-refractivity contribution in [3.05, 3.63) is 33.8 Å². The minimum Gasteiger partial charge on any atom is -0.351 e. The minimum absolute atomic E-state index is 0.261. The molecule has 0 aliphatic rings. The van der Waals surface area contributed by atoms with Crippen LogP contribution in [-0.2, 0) is 0 Å². The Bertz CT molecular complexity index is 389. The van der Waals surface area contributed by atoms with Crippen LogP contribution >= 0.6 is 15.9 Å². The molecule has 0 unspecified atom stereocenters. The first-order chi connectivity index (χ1) is 8.06. The zero-order valence-electron chi connectivity index (χ0n) is 9.32. The summed E-state index contributed by atoms with van der Waals surface area (Å²) in [5, 5.41) is 5.42. The van der Waals surface area contributed by atoms with Crippen LogP contribution in [0.4, 0.5) is 8.78 Å². The fourth-order valence-corrected chi connectivity index (χ4v) is 1.69. The molecule has 1 rings (SSSR count). The summed E-state index contributed by atoms with van der Waals surface area (Å²) in [6, 6.07) is 2.12. The Balaban J connectivity index is 2.69. The van der Waals surface area contributed by atoms with Crippen LogP contribution in [0, 0.1) is 11.6 Å². The van der Waals surface area contributed by atoms with Gasteiger partial charge in [0.25, 0.3) is 5.91 Å². The van der Waals surface area contributed by atoms with Crippen LogP contribution in [0.3, 0.4) is 0 Å². The van der Waals surface area contributed by atoms with E-state index in [1.54, 1.807) is 0 Å². The highest BCUT2D eigenvalue weighted by atomic mass is 79.9. The molecule has 1 aromatic rings. The SMILES string of the molecule is CCNCCNC(=O)c1c(F)cc(Br)cc1F. The molecule has 94 valence electrons. The molecule has 0 radical (unpaired) electrons. The van der Waals surface area contributed by atoms with Crippen LogP contribution in [0.15, 0.2) is 16.6 Å². The van der Waals surface area contributed by atoms with Gasteiger partial charge in [-0.25, -0.2) is 8.78 Å². The van der Waals surface area contributed by atoms with Crippen molar-refractivity contribution in [2.75, 3.05) is 19.6 Å². The van der Waals surface area contributed by atoms with Crippen LogP contribution in [0.5, 0.6) is 0 Å². The standard InChI is InChI=1S/C11H13BrF2N2O/c1-2-15-3-4-16-11(17)10-8(13)5-7(12)6-9(10)14/h5-6,15H,2-4H2,1H3,(H,16,17). The Labute approximate surface area is 107 Å². The highest BCUT2D eigenvalue weighted by Gasteiger charge is 2.17. The van der Waals surface area contributed by atoms with Crippen LogP contribution in [0.2, 0.25) is 0 Å². The summed E-state index contributed by atoms with van der Waals surface area (Å²) in [4.78, 5) is 11.5.